The molecule has 5 heteroatoms. The Morgan fingerprint density at radius 3 is 1.65 bits per heavy atom. The van der Waals surface area contributed by atoms with Gasteiger partial charge in [0.25, 0.3) is 0 Å². The maximum absolute atomic E-state index is 13.2. The molecule has 0 aliphatic rings. The fraction of sp³-hybridized carbons (Fsp3) is 0.200. The molecule has 0 amide bonds. The molecule has 0 unspecified atom stereocenters. The Morgan fingerprint density at radius 1 is 0.900 bits per heavy atom. The van der Waals surface area contributed by atoms with Crippen molar-refractivity contribution in [3.63, 3.8) is 0 Å². The summed E-state index contributed by atoms with van der Waals surface area (Å²) < 4.78 is 106. The Balaban J connectivity index is 2.64. The zero-order valence-corrected chi connectivity index (χ0v) is 11.6. The number of phosphoric ester groups is 1. The highest BCUT2D eigenvalue weighted by molar-refractivity contribution is 7.49. The van der Waals surface area contributed by atoms with Gasteiger partial charge in [-0.2, -0.15) is 0 Å². The van der Waals surface area contributed by atoms with Gasteiger partial charge in [-0.05, 0) is 38.0 Å². The summed E-state index contributed by atoms with van der Waals surface area (Å²) in [6.07, 6.45) is -0.828. The lowest BCUT2D eigenvalue weighted by atomic mass is 10.3. The van der Waals surface area contributed by atoms with Gasteiger partial charge >= 0.3 is 7.82 Å². The van der Waals surface area contributed by atoms with Gasteiger partial charge in [0.2, 0.25) is 0 Å². The number of phosphoric acid groups is 1. The average molecular weight is 302 g/mol. The number of benzene rings is 2. The number of para-hydroxylation sites is 2. The average Bonchev–Trinajstić information content (AvgIpc) is 2.68. The van der Waals surface area contributed by atoms with Gasteiger partial charge < -0.3 is 9.05 Å². The summed E-state index contributed by atoms with van der Waals surface area (Å²) in [6, 6.07) is -7.73. The largest absolute Gasteiger partial charge is 0.587 e. The molecule has 2 aromatic carbocycles. The highest BCUT2D eigenvalue weighted by Crippen LogP contribution is 2.50. The fourth-order valence-electron chi connectivity index (χ4n) is 1.11. The van der Waals surface area contributed by atoms with Crippen LogP contribution in [-0.2, 0) is 9.09 Å². The van der Waals surface area contributed by atoms with Gasteiger partial charge in [-0.3, -0.25) is 4.52 Å². The van der Waals surface area contributed by atoms with Crippen molar-refractivity contribution in [3.05, 3.63) is 60.4 Å². The topological polar surface area (TPSA) is 44.8 Å². The van der Waals surface area contributed by atoms with Gasteiger partial charge in [0.15, 0.2) is 0 Å². The molecule has 0 saturated heterocycles. The van der Waals surface area contributed by atoms with Crippen LogP contribution in [0.2, 0.25) is 0 Å². The van der Waals surface area contributed by atoms with E-state index in [2.05, 4.69) is 0 Å². The lowest BCUT2D eigenvalue weighted by molar-refractivity contribution is 0.167. The summed E-state index contributed by atoms with van der Waals surface area (Å²) in [6.45, 7) is 2.87. The second kappa shape index (κ2) is 6.60. The third-order valence-corrected chi connectivity index (χ3v) is 3.19. The molecule has 0 aliphatic carbocycles. The van der Waals surface area contributed by atoms with E-state index in [4.69, 9.17) is 27.3 Å². The van der Waals surface area contributed by atoms with Crippen molar-refractivity contribution in [1.82, 2.24) is 0 Å². The summed E-state index contributed by atoms with van der Waals surface area (Å²) in [4.78, 5) is 0. The van der Waals surface area contributed by atoms with Crippen LogP contribution in [0.4, 0.5) is 0 Å². The molecule has 0 bridgehead atoms. The standard InChI is InChI=1S/C15H17O4P/c1-13(2)17-20(16,18-14-9-5-3-6-10-14)19-15-11-7-4-8-12-15/h3-13H,1-2H3/i3D,4D,5D,6D,7D,8D,9D,10D,11D,12D. The smallest absolute Gasteiger partial charge is 0.395 e. The molecule has 0 N–H and O–H groups in total. The molecule has 0 saturated carbocycles. The summed E-state index contributed by atoms with van der Waals surface area (Å²) in [5, 5.41) is 0. The van der Waals surface area contributed by atoms with Gasteiger partial charge in [0.05, 0.1) is 19.8 Å². The minimum absolute atomic E-state index is 0.705. The van der Waals surface area contributed by atoms with Crippen LogP contribution in [-0.4, -0.2) is 6.10 Å². The van der Waals surface area contributed by atoms with Gasteiger partial charge in [-0.1, -0.05) is 36.3 Å². The van der Waals surface area contributed by atoms with Gasteiger partial charge in [0, 0.05) is 0 Å². The Kier molecular flexibility index (Phi) is 2.09. The summed E-state index contributed by atoms with van der Waals surface area (Å²) in [5.74, 6) is -1.67. The molecular formula is C15H17O4P. The maximum atomic E-state index is 13.2. The van der Waals surface area contributed by atoms with Crippen LogP contribution in [0.3, 0.4) is 0 Å². The van der Waals surface area contributed by atoms with Gasteiger partial charge in [-0.25, -0.2) is 4.57 Å². The highest BCUT2D eigenvalue weighted by atomic mass is 31.2. The van der Waals surface area contributed by atoms with Gasteiger partial charge in [-0.15, -0.1) is 0 Å². The van der Waals surface area contributed by atoms with E-state index in [0.29, 0.717) is 0 Å². The summed E-state index contributed by atoms with van der Waals surface area (Å²) >= 11 is 0. The Morgan fingerprint density at radius 2 is 1.30 bits per heavy atom. The van der Waals surface area contributed by atoms with E-state index >= 15 is 0 Å². The maximum Gasteiger partial charge on any atom is 0.587 e. The molecule has 0 spiro atoms. The zero-order chi connectivity index (χ0) is 23.1. The van der Waals surface area contributed by atoms with Crippen LogP contribution in [0.15, 0.2) is 60.4 Å². The van der Waals surface area contributed by atoms with E-state index < -0.39 is 85.8 Å². The Bertz CT molecular complexity index is 925. The quantitative estimate of drug-likeness (QED) is 0.727. The lowest BCUT2D eigenvalue weighted by Gasteiger charge is -2.20. The second-order valence-corrected chi connectivity index (χ2v) is 5.16. The van der Waals surface area contributed by atoms with Crippen molar-refractivity contribution in [2.75, 3.05) is 0 Å². The van der Waals surface area contributed by atoms with E-state index in [9.17, 15) is 4.57 Å². The minimum atomic E-state index is -4.87. The molecule has 0 atom stereocenters. The van der Waals surface area contributed by atoms with Crippen molar-refractivity contribution in [2.24, 2.45) is 0 Å². The second-order valence-electron chi connectivity index (χ2n) is 3.69. The van der Waals surface area contributed by atoms with Crippen LogP contribution in [0.25, 0.3) is 0 Å². The Labute approximate surface area is 133 Å². The molecule has 0 fully saturated rings. The summed E-state index contributed by atoms with van der Waals surface area (Å²) in [5.41, 5.74) is 0. The van der Waals surface area contributed by atoms with Crippen LogP contribution in [0, 0.1) is 0 Å². The molecular weight excluding hydrogens is 275 g/mol. The van der Waals surface area contributed by atoms with E-state index in [0.717, 1.165) is 0 Å². The van der Waals surface area contributed by atoms with Crippen molar-refractivity contribution in [2.45, 2.75) is 20.0 Å². The van der Waals surface area contributed by atoms with Crippen LogP contribution >= 0.6 is 7.82 Å². The van der Waals surface area contributed by atoms with Crippen molar-refractivity contribution in [3.8, 4) is 11.5 Å². The first-order chi connectivity index (χ1) is 13.7. The first-order valence-electron chi connectivity index (χ1n) is 10.5. The van der Waals surface area contributed by atoms with E-state index in [1.807, 2.05) is 0 Å². The SMILES string of the molecule is [2H]c1c([2H])c([2H])c(OP(=O)(Oc2c([2H])c([2H])c([2H])c([2H])c2[2H])OC(C)C)c([2H])c1[2H]. The molecule has 106 valence electrons. The minimum Gasteiger partial charge on any atom is -0.395 e. The van der Waals surface area contributed by atoms with Crippen LogP contribution < -0.4 is 9.05 Å². The zero-order valence-electron chi connectivity index (χ0n) is 20.7. The highest BCUT2D eigenvalue weighted by Gasteiger charge is 2.32. The molecule has 0 heterocycles. The molecule has 4 nitrogen and oxygen atoms in total. The van der Waals surface area contributed by atoms with Gasteiger partial charge in [0.1, 0.15) is 11.5 Å². The predicted molar refractivity (Wildman–Crippen MR) is 78.0 cm³/mol. The fourth-order valence-corrected chi connectivity index (χ4v) is 2.38. The number of rotatable bonds is 6. The first kappa shape index (κ1) is 6.33. The monoisotopic (exact) mass is 302 g/mol. The van der Waals surface area contributed by atoms with E-state index in [1.54, 1.807) is 0 Å². The lowest BCUT2D eigenvalue weighted by Crippen LogP contribution is -2.09. The Hall–Kier alpha value is -1.77. The normalized spacial score (nSPS) is 18.4. The van der Waals surface area contributed by atoms with E-state index in [-0.39, 0.29) is 0 Å². The predicted octanol–water partition coefficient (Wildman–Crippen LogP) is 4.68. The van der Waals surface area contributed by atoms with Crippen molar-refractivity contribution >= 4 is 7.82 Å². The molecule has 0 radical (unpaired) electrons. The molecule has 0 aromatic heterocycles. The van der Waals surface area contributed by atoms with Crippen molar-refractivity contribution < 1.29 is 31.8 Å². The first-order valence-corrected chi connectivity index (χ1v) is 6.99. The third kappa shape index (κ3) is 4.41. The molecule has 2 aromatic rings. The molecule has 2 rings (SSSR count). The van der Waals surface area contributed by atoms with E-state index in [1.165, 1.54) is 13.8 Å². The summed E-state index contributed by atoms with van der Waals surface area (Å²) in [7, 11) is -4.87. The third-order valence-electron chi connectivity index (χ3n) is 1.70. The van der Waals surface area contributed by atoms with Crippen LogP contribution in [0.5, 0.6) is 11.5 Å². The van der Waals surface area contributed by atoms with Crippen LogP contribution in [0.1, 0.15) is 27.6 Å². The molecule has 0 aliphatic heterocycles. The van der Waals surface area contributed by atoms with Crippen molar-refractivity contribution in [1.29, 1.82) is 0 Å². The number of hydrogen-bond donors (Lipinski definition) is 0. The number of hydrogen-bond acceptors (Lipinski definition) is 4. The molecule has 20 heavy (non-hydrogen) atoms.